The first-order chi connectivity index (χ1) is 14.2. The number of ketones is 1. The molecule has 0 aliphatic heterocycles. The molecular formula is C19H19Cl2NO7S. The first-order valence-corrected chi connectivity index (χ1v) is 10.8. The minimum atomic E-state index is -3.97. The zero-order valence-corrected chi connectivity index (χ0v) is 18.4. The Kier molecular flexibility index (Phi) is 8.63. The molecular weight excluding hydrogens is 457 g/mol. The van der Waals surface area contributed by atoms with Crippen LogP contribution in [-0.2, 0) is 19.5 Å². The fraction of sp³-hybridized carbons (Fsp3) is 0.263. The number of halogens is 2. The van der Waals surface area contributed by atoms with Gasteiger partial charge in [0.15, 0.2) is 12.4 Å². The second-order valence-electron chi connectivity index (χ2n) is 5.88. The number of methoxy groups -OCH3 is 2. The highest BCUT2D eigenvalue weighted by molar-refractivity contribution is 7.89. The van der Waals surface area contributed by atoms with Gasteiger partial charge in [0.1, 0.15) is 10.6 Å². The number of nitrogens with one attached hydrogen (secondary N) is 1. The van der Waals surface area contributed by atoms with Crippen molar-refractivity contribution in [1.29, 1.82) is 0 Å². The number of hydrogen-bond acceptors (Lipinski definition) is 7. The van der Waals surface area contributed by atoms with Gasteiger partial charge in [-0.3, -0.25) is 4.79 Å². The Bertz CT molecular complexity index is 1040. The summed E-state index contributed by atoms with van der Waals surface area (Å²) in [6.07, 6.45) is 0. The zero-order valence-electron chi connectivity index (χ0n) is 16.1. The van der Waals surface area contributed by atoms with E-state index in [-0.39, 0.29) is 45.0 Å². The summed E-state index contributed by atoms with van der Waals surface area (Å²) < 4.78 is 42.2. The smallest absolute Gasteiger partial charge is 0.338 e. The summed E-state index contributed by atoms with van der Waals surface area (Å²) in [5.74, 6) is -1.33. The van der Waals surface area contributed by atoms with Crippen molar-refractivity contribution >= 4 is 45.0 Å². The third kappa shape index (κ3) is 6.16. The molecule has 0 aromatic heterocycles. The van der Waals surface area contributed by atoms with Crippen molar-refractivity contribution in [2.75, 3.05) is 34.0 Å². The van der Waals surface area contributed by atoms with Gasteiger partial charge in [-0.15, -0.1) is 0 Å². The van der Waals surface area contributed by atoms with E-state index < -0.39 is 28.4 Å². The average Bonchev–Trinajstić information content (AvgIpc) is 2.73. The number of carbonyl (C=O) groups excluding carboxylic acids is 2. The van der Waals surface area contributed by atoms with E-state index in [1.54, 1.807) is 0 Å². The number of Topliss-reactive ketones (excluding diaryl/α,β-unsaturated/α-hetero) is 1. The van der Waals surface area contributed by atoms with Crippen molar-refractivity contribution in [3.05, 3.63) is 57.6 Å². The minimum absolute atomic E-state index is 0.0365. The topological polar surface area (TPSA) is 108 Å². The molecule has 2 rings (SSSR count). The largest absolute Gasteiger partial charge is 0.495 e. The van der Waals surface area contributed by atoms with Crippen LogP contribution in [-0.4, -0.2) is 54.1 Å². The minimum Gasteiger partial charge on any atom is -0.495 e. The summed E-state index contributed by atoms with van der Waals surface area (Å²) in [5.41, 5.74) is 0.155. The molecule has 0 saturated heterocycles. The summed E-state index contributed by atoms with van der Waals surface area (Å²) in [6.45, 7) is -0.355. The van der Waals surface area contributed by atoms with Gasteiger partial charge in [0.2, 0.25) is 10.0 Å². The van der Waals surface area contributed by atoms with Crippen LogP contribution in [0, 0.1) is 0 Å². The molecule has 162 valence electrons. The predicted octanol–water partition coefficient (Wildman–Crippen LogP) is 2.97. The maximum atomic E-state index is 12.5. The van der Waals surface area contributed by atoms with Crippen LogP contribution in [0.3, 0.4) is 0 Å². The van der Waals surface area contributed by atoms with E-state index in [2.05, 4.69) is 4.72 Å². The Morgan fingerprint density at radius 1 is 1.00 bits per heavy atom. The molecule has 8 nitrogen and oxygen atoms in total. The van der Waals surface area contributed by atoms with E-state index in [1.165, 1.54) is 44.6 Å². The van der Waals surface area contributed by atoms with Gasteiger partial charge in [-0.25, -0.2) is 17.9 Å². The number of esters is 1. The molecule has 11 heteroatoms. The molecule has 0 unspecified atom stereocenters. The molecule has 2 aromatic carbocycles. The highest BCUT2D eigenvalue weighted by Gasteiger charge is 2.22. The molecule has 2 aromatic rings. The van der Waals surface area contributed by atoms with Gasteiger partial charge in [-0.05, 0) is 36.4 Å². The highest BCUT2D eigenvalue weighted by Crippen LogP contribution is 2.25. The SMILES string of the molecule is COCCNS(=O)(=O)c1cc(C(=O)OCC(=O)c2ccc(Cl)c(Cl)c2)ccc1OC. The van der Waals surface area contributed by atoms with E-state index in [1.807, 2.05) is 0 Å². The molecule has 0 spiro atoms. The predicted molar refractivity (Wildman–Crippen MR) is 111 cm³/mol. The van der Waals surface area contributed by atoms with E-state index in [9.17, 15) is 18.0 Å². The number of sulfonamides is 1. The lowest BCUT2D eigenvalue weighted by atomic mass is 10.1. The van der Waals surface area contributed by atoms with Crippen molar-refractivity contribution in [2.45, 2.75) is 4.90 Å². The fourth-order valence-corrected chi connectivity index (χ4v) is 3.84. The number of benzene rings is 2. The van der Waals surface area contributed by atoms with Crippen molar-refractivity contribution < 1.29 is 32.2 Å². The van der Waals surface area contributed by atoms with Crippen LogP contribution < -0.4 is 9.46 Å². The molecule has 1 N–H and O–H groups in total. The second-order valence-corrected chi connectivity index (χ2v) is 8.43. The normalized spacial score (nSPS) is 11.2. The summed E-state index contributed by atoms with van der Waals surface area (Å²) in [6, 6.07) is 8.04. The van der Waals surface area contributed by atoms with Gasteiger partial charge in [0.25, 0.3) is 0 Å². The molecule has 0 heterocycles. The molecule has 0 aliphatic carbocycles. The molecule has 0 fully saturated rings. The van der Waals surface area contributed by atoms with Crippen LogP contribution in [0.2, 0.25) is 10.0 Å². The number of hydrogen-bond donors (Lipinski definition) is 1. The van der Waals surface area contributed by atoms with Crippen LogP contribution in [0.5, 0.6) is 5.75 Å². The van der Waals surface area contributed by atoms with E-state index >= 15 is 0 Å². The Labute approximate surface area is 184 Å². The van der Waals surface area contributed by atoms with Crippen LogP contribution in [0.25, 0.3) is 0 Å². The lowest BCUT2D eigenvalue weighted by Crippen LogP contribution is -2.27. The lowest BCUT2D eigenvalue weighted by molar-refractivity contribution is 0.0474. The van der Waals surface area contributed by atoms with Gasteiger partial charge in [0, 0.05) is 19.2 Å². The standard InChI is InChI=1S/C19H19Cl2NO7S/c1-27-8-7-22-30(25,26)18-10-13(4-6-17(18)28-2)19(24)29-11-16(23)12-3-5-14(20)15(21)9-12/h3-6,9-10,22H,7-8,11H2,1-2H3. The Balaban J connectivity index is 2.15. The van der Waals surface area contributed by atoms with Crippen molar-refractivity contribution in [3.63, 3.8) is 0 Å². The van der Waals surface area contributed by atoms with Crippen LogP contribution in [0.1, 0.15) is 20.7 Å². The first-order valence-electron chi connectivity index (χ1n) is 8.51. The number of carbonyl (C=O) groups is 2. The van der Waals surface area contributed by atoms with E-state index in [0.29, 0.717) is 0 Å². The number of ether oxygens (including phenoxy) is 3. The van der Waals surface area contributed by atoms with Crippen molar-refractivity contribution in [1.82, 2.24) is 4.72 Å². The molecule has 0 bridgehead atoms. The average molecular weight is 476 g/mol. The fourth-order valence-electron chi connectivity index (χ4n) is 2.34. The van der Waals surface area contributed by atoms with E-state index in [4.69, 9.17) is 37.4 Å². The molecule has 0 amide bonds. The summed E-state index contributed by atoms with van der Waals surface area (Å²) in [4.78, 5) is 24.3. The molecule has 0 radical (unpaired) electrons. The van der Waals surface area contributed by atoms with Crippen molar-refractivity contribution in [2.24, 2.45) is 0 Å². The summed E-state index contributed by atoms with van der Waals surface area (Å²) in [7, 11) is -1.23. The number of rotatable bonds is 10. The second kappa shape index (κ2) is 10.7. The molecule has 0 aliphatic rings. The highest BCUT2D eigenvalue weighted by atomic mass is 35.5. The molecule has 0 saturated carbocycles. The monoisotopic (exact) mass is 475 g/mol. The third-order valence-electron chi connectivity index (χ3n) is 3.86. The lowest BCUT2D eigenvalue weighted by Gasteiger charge is -2.12. The summed E-state index contributed by atoms with van der Waals surface area (Å²) in [5, 5.41) is 0.483. The zero-order chi connectivity index (χ0) is 22.3. The van der Waals surface area contributed by atoms with Crippen LogP contribution in [0.4, 0.5) is 0 Å². The maximum absolute atomic E-state index is 12.5. The Morgan fingerprint density at radius 3 is 2.33 bits per heavy atom. The van der Waals surface area contributed by atoms with Gasteiger partial charge in [-0.1, -0.05) is 23.2 Å². The van der Waals surface area contributed by atoms with Gasteiger partial charge < -0.3 is 14.2 Å². The van der Waals surface area contributed by atoms with Crippen LogP contribution in [0.15, 0.2) is 41.3 Å². The van der Waals surface area contributed by atoms with Gasteiger partial charge in [-0.2, -0.15) is 0 Å². The van der Waals surface area contributed by atoms with Crippen molar-refractivity contribution in [3.8, 4) is 5.75 Å². The quantitative estimate of drug-likeness (QED) is 0.319. The Morgan fingerprint density at radius 2 is 1.70 bits per heavy atom. The maximum Gasteiger partial charge on any atom is 0.338 e. The molecule has 0 atom stereocenters. The molecule has 30 heavy (non-hydrogen) atoms. The summed E-state index contributed by atoms with van der Waals surface area (Å²) >= 11 is 11.7. The Hall–Kier alpha value is -2.17. The van der Waals surface area contributed by atoms with Gasteiger partial charge in [0.05, 0.1) is 29.3 Å². The van der Waals surface area contributed by atoms with Crippen LogP contribution >= 0.6 is 23.2 Å². The first kappa shape index (κ1) is 24.1. The third-order valence-corrected chi connectivity index (χ3v) is 6.08. The van der Waals surface area contributed by atoms with E-state index in [0.717, 1.165) is 6.07 Å². The van der Waals surface area contributed by atoms with Gasteiger partial charge >= 0.3 is 5.97 Å².